The molecule has 1 N–H and O–H groups in total. The van der Waals surface area contributed by atoms with Crippen LogP contribution in [0.15, 0.2) is 29.2 Å². The number of nitrogens with one attached hydrogen (secondary N) is 1. The maximum absolute atomic E-state index is 5.88. The zero-order valence-corrected chi connectivity index (χ0v) is 10.8. The van der Waals surface area contributed by atoms with E-state index < -0.39 is 0 Å². The Labute approximate surface area is 110 Å². The van der Waals surface area contributed by atoms with Crippen LogP contribution in [0, 0.1) is 0 Å². The van der Waals surface area contributed by atoms with Crippen LogP contribution in [0.2, 0.25) is 0 Å². The first-order chi connectivity index (χ1) is 8.92. The molecule has 0 aromatic carbocycles. The van der Waals surface area contributed by atoms with Crippen LogP contribution >= 0.6 is 11.3 Å². The maximum atomic E-state index is 5.88. The highest BCUT2D eigenvalue weighted by molar-refractivity contribution is 7.08. The van der Waals surface area contributed by atoms with Crippen molar-refractivity contribution >= 4 is 11.3 Å². The van der Waals surface area contributed by atoms with Gasteiger partial charge in [-0.05, 0) is 37.4 Å². The van der Waals surface area contributed by atoms with Gasteiger partial charge in [0, 0.05) is 10.9 Å². The molecule has 1 saturated heterocycles. The van der Waals surface area contributed by atoms with Crippen LogP contribution in [0.4, 0.5) is 0 Å². The molecule has 3 heterocycles. The predicted molar refractivity (Wildman–Crippen MR) is 71.9 cm³/mol. The minimum atomic E-state index is 0.262. The number of piperidine rings is 1. The number of hydrogen-bond acceptors (Lipinski definition) is 5. The zero-order chi connectivity index (χ0) is 12.2. The van der Waals surface area contributed by atoms with Crippen molar-refractivity contribution in [2.45, 2.75) is 18.9 Å². The fourth-order valence-corrected chi connectivity index (χ4v) is 2.69. The van der Waals surface area contributed by atoms with Crippen molar-refractivity contribution in [3.8, 4) is 17.1 Å². The van der Waals surface area contributed by atoms with Gasteiger partial charge in [0.15, 0.2) is 0 Å². The third-order valence-electron chi connectivity index (χ3n) is 3.00. The molecular formula is C13H15N3OS. The molecule has 0 atom stereocenters. The van der Waals surface area contributed by atoms with Crippen LogP contribution in [0.25, 0.3) is 11.3 Å². The molecule has 2 aromatic rings. The van der Waals surface area contributed by atoms with E-state index in [0.717, 1.165) is 37.2 Å². The molecule has 1 aliphatic rings. The average molecular weight is 261 g/mol. The molecule has 0 amide bonds. The lowest BCUT2D eigenvalue weighted by atomic mass is 10.1. The second kappa shape index (κ2) is 5.46. The van der Waals surface area contributed by atoms with E-state index in [2.05, 4.69) is 20.7 Å². The normalized spacial score (nSPS) is 16.7. The molecule has 4 nitrogen and oxygen atoms in total. The SMILES string of the molecule is c1cc(-c2cncc(OC3CCNCC3)n2)cs1. The van der Waals surface area contributed by atoms with Crippen LogP contribution < -0.4 is 10.1 Å². The van der Waals surface area contributed by atoms with Crippen molar-refractivity contribution in [1.82, 2.24) is 15.3 Å². The van der Waals surface area contributed by atoms with Crippen LogP contribution in [-0.2, 0) is 0 Å². The Bertz CT molecular complexity index is 495. The number of aromatic nitrogens is 2. The Morgan fingerprint density at radius 1 is 1.28 bits per heavy atom. The summed E-state index contributed by atoms with van der Waals surface area (Å²) in [5.41, 5.74) is 1.98. The lowest BCUT2D eigenvalue weighted by Crippen LogP contribution is -2.34. The van der Waals surface area contributed by atoms with Crippen molar-refractivity contribution < 1.29 is 4.74 Å². The van der Waals surface area contributed by atoms with Crippen molar-refractivity contribution in [1.29, 1.82) is 0 Å². The molecule has 0 bridgehead atoms. The highest BCUT2D eigenvalue weighted by Gasteiger charge is 2.15. The number of nitrogens with zero attached hydrogens (tertiary/aromatic N) is 2. The van der Waals surface area contributed by atoms with Crippen molar-refractivity contribution in [2.24, 2.45) is 0 Å². The summed E-state index contributed by atoms with van der Waals surface area (Å²) in [6.07, 6.45) is 5.79. The van der Waals surface area contributed by atoms with E-state index in [1.54, 1.807) is 23.7 Å². The molecule has 94 valence electrons. The van der Waals surface area contributed by atoms with Gasteiger partial charge in [-0.15, -0.1) is 0 Å². The topological polar surface area (TPSA) is 47.0 Å². The largest absolute Gasteiger partial charge is 0.473 e. The Hall–Kier alpha value is -1.46. The Balaban J connectivity index is 1.74. The van der Waals surface area contributed by atoms with Crippen molar-refractivity contribution in [3.63, 3.8) is 0 Å². The predicted octanol–water partition coefficient (Wildman–Crippen LogP) is 2.34. The summed E-state index contributed by atoms with van der Waals surface area (Å²) in [6.45, 7) is 2.03. The molecule has 1 aliphatic heterocycles. The van der Waals surface area contributed by atoms with Gasteiger partial charge in [0.2, 0.25) is 5.88 Å². The van der Waals surface area contributed by atoms with Gasteiger partial charge in [0.05, 0.1) is 18.1 Å². The smallest absolute Gasteiger partial charge is 0.233 e. The number of thiophene rings is 1. The zero-order valence-electron chi connectivity index (χ0n) is 10.0. The van der Waals surface area contributed by atoms with E-state index in [1.165, 1.54) is 0 Å². The van der Waals surface area contributed by atoms with Gasteiger partial charge in [-0.25, -0.2) is 4.98 Å². The first-order valence-electron chi connectivity index (χ1n) is 6.14. The standard InChI is InChI=1S/C13H15N3OS/c1-4-14-5-2-11(1)17-13-8-15-7-12(16-13)10-3-6-18-9-10/h3,6-9,11,14H,1-2,4-5H2. The molecule has 18 heavy (non-hydrogen) atoms. The average Bonchev–Trinajstić information content (AvgIpc) is 2.94. The summed E-state index contributed by atoms with van der Waals surface area (Å²) in [5, 5.41) is 7.43. The number of rotatable bonds is 3. The summed E-state index contributed by atoms with van der Waals surface area (Å²) < 4.78 is 5.88. The van der Waals surface area contributed by atoms with E-state index in [1.807, 2.05) is 11.4 Å². The Morgan fingerprint density at radius 3 is 2.94 bits per heavy atom. The first kappa shape index (κ1) is 11.6. The Kier molecular flexibility index (Phi) is 3.52. The molecular weight excluding hydrogens is 246 g/mol. The molecule has 0 spiro atoms. The second-order valence-electron chi connectivity index (χ2n) is 4.32. The third kappa shape index (κ3) is 2.68. The van der Waals surface area contributed by atoms with E-state index >= 15 is 0 Å². The third-order valence-corrected chi connectivity index (χ3v) is 3.69. The van der Waals surface area contributed by atoms with Crippen LogP contribution in [0.5, 0.6) is 5.88 Å². The van der Waals surface area contributed by atoms with Crippen LogP contribution in [0.3, 0.4) is 0 Å². The van der Waals surface area contributed by atoms with Crippen molar-refractivity contribution in [3.05, 3.63) is 29.2 Å². The molecule has 1 fully saturated rings. The molecule has 0 aliphatic carbocycles. The van der Waals surface area contributed by atoms with Crippen molar-refractivity contribution in [2.75, 3.05) is 13.1 Å². The van der Waals surface area contributed by atoms with E-state index in [9.17, 15) is 0 Å². The summed E-state index contributed by atoms with van der Waals surface area (Å²) >= 11 is 1.66. The summed E-state index contributed by atoms with van der Waals surface area (Å²) in [7, 11) is 0. The van der Waals surface area contributed by atoms with Crippen LogP contribution in [0.1, 0.15) is 12.8 Å². The maximum Gasteiger partial charge on any atom is 0.233 e. The van der Waals surface area contributed by atoms with Gasteiger partial charge in [-0.1, -0.05) is 0 Å². The highest BCUT2D eigenvalue weighted by Crippen LogP contribution is 2.22. The molecule has 2 aromatic heterocycles. The first-order valence-corrected chi connectivity index (χ1v) is 7.08. The lowest BCUT2D eigenvalue weighted by Gasteiger charge is -2.23. The molecule has 0 saturated carbocycles. The minimum absolute atomic E-state index is 0.262. The van der Waals surface area contributed by atoms with Gasteiger partial charge < -0.3 is 10.1 Å². The fourth-order valence-electron chi connectivity index (χ4n) is 2.04. The lowest BCUT2D eigenvalue weighted by molar-refractivity contribution is 0.155. The summed E-state index contributed by atoms with van der Waals surface area (Å²) in [4.78, 5) is 8.72. The number of hydrogen-bond donors (Lipinski definition) is 1. The monoisotopic (exact) mass is 261 g/mol. The molecule has 3 rings (SSSR count). The number of ether oxygens (including phenoxy) is 1. The van der Waals surface area contributed by atoms with Gasteiger partial charge >= 0.3 is 0 Å². The summed E-state index contributed by atoms with van der Waals surface area (Å²) in [6, 6.07) is 2.04. The minimum Gasteiger partial charge on any atom is -0.473 e. The summed E-state index contributed by atoms with van der Waals surface area (Å²) in [5.74, 6) is 0.630. The van der Waals surface area contributed by atoms with E-state index in [-0.39, 0.29) is 6.10 Å². The van der Waals surface area contributed by atoms with E-state index in [4.69, 9.17) is 4.74 Å². The molecule has 5 heteroatoms. The van der Waals surface area contributed by atoms with Gasteiger partial charge in [-0.2, -0.15) is 11.3 Å². The van der Waals surface area contributed by atoms with E-state index in [0.29, 0.717) is 5.88 Å². The second-order valence-corrected chi connectivity index (χ2v) is 5.10. The van der Waals surface area contributed by atoms with Crippen LogP contribution in [-0.4, -0.2) is 29.2 Å². The highest BCUT2D eigenvalue weighted by atomic mass is 32.1. The molecule has 0 radical (unpaired) electrons. The quantitative estimate of drug-likeness (QED) is 0.921. The fraction of sp³-hybridized carbons (Fsp3) is 0.385. The Morgan fingerprint density at radius 2 is 2.17 bits per heavy atom. The van der Waals surface area contributed by atoms with Gasteiger partial charge in [0.25, 0.3) is 0 Å². The van der Waals surface area contributed by atoms with Gasteiger partial charge in [-0.3, -0.25) is 4.98 Å². The molecule has 0 unspecified atom stereocenters. The van der Waals surface area contributed by atoms with Gasteiger partial charge in [0.1, 0.15) is 6.10 Å².